The predicted molar refractivity (Wildman–Crippen MR) is 131 cm³/mol. The van der Waals surface area contributed by atoms with Crippen molar-refractivity contribution in [3.05, 3.63) is 58.6 Å². The first-order valence-electron chi connectivity index (χ1n) is 11.8. The summed E-state index contributed by atoms with van der Waals surface area (Å²) in [6.07, 6.45) is -1.24. The van der Waals surface area contributed by atoms with Crippen molar-refractivity contribution >= 4 is 17.2 Å². The van der Waals surface area contributed by atoms with Crippen molar-refractivity contribution in [2.45, 2.75) is 38.4 Å². The Hall–Kier alpha value is -3.19. The quantitative estimate of drug-likeness (QED) is 0.394. The van der Waals surface area contributed by atoms with Crippen molar-refractivity contribution in [1.82, 2.24) is 25.2 Å². The van der Waals surface area contributed by atoms with Crippen LogP contribution in [0.25, 0.3) is 10.6 Å². The summed E-state index contributed by atoms with van der Waals surface area (Å²) in [4.78, 5) is 26.9. The first kappa shape index (κ1) is 27.8. The molecule has 2 aromatic heterocycles. The van der Waals surface area contributed by atoms with Gasteiger partial charge in [0.2, 0.25) is 5.82 Å². The van der Waals surface area contributed by atoms with E-state index in [-0.39, 0.29) is 36.4 Å². The first-order valence-corrected chi connectivity index (χ1v) is 12.6. The van der Waals surface area contributed by atoms with Gasteiger partial charge in [-0.15, -0.1) is 11.3 Å². The van der Waals surface area contributed by atoms with E-state index in [1.165, 1.54) is 17.4 Å². The molecular formula is C25H26F5N5O2S. The van der Waals surface area contributed by atoms with Crippen LogP contribution in [0.5, 0.6) is 5.75 Å². The summed E-state index contributed by atoms with van der Waals surface area (Å²) in [5, 5.41) is 3.33. The summed E-state index contributed by atoms with van der Waals surface area (Å²) in [5.74, 6) is -5.46. The fraction of sp³-hybridized carbons (Fsp3) is 0.440. The number of likely N-dealkylation sites (tertiary alicyclic amines) is 1. The van der Waals surface area contributed by atoms with Gasteiger partial charge in [0.15, 0.2) is 0 Å². The third kappa shape index (κ3) is 6.62. The van der Waals surface area contributed by atoms with Crippen molar-refractivity contribution in [1.29, 1.82) is 0 Å². The average Bonchev–Trinajstić information content (AvgIpc) is 3.30. The van der Waals surface area contributed by atoms with E-state index in [9.17, 15) is 26.7 Å². The van der Waals surface area contributed by atoms with Gasteiger partial charge >= 0.3 is 6.18 Å². The lowest BCUT2D eigenvalue weighted by Gasteiger charge is -2.36. The third-order valence-electron chi connectivity index (χ3n) is 6.22. The number of aromatic nitrogens is 3. The minimum absolute atomic E-state index is 0.178. The average molecular weight is 556 g/mol. The van der Waals surface area contributed by atoms with Crippen LogP contribution >= 0.6 is 11.3 Å². The number of carbonyl (C=O) groups excluding carboxylic acids is 1. The number of alkyl halides is 5. The molecule has 13 heteroatoms. The number of thiazole rings is 1. The lowest BCUT2D eigenvalue weighted by molar-refractivity contribution is -0.145. The second-order valence-corrected chi connectivity index (χ2v) is 10.6. The predicted octanol–water partition coefficient (Wildman–Crippen LogP) is 5.38. The zero-order chi connectivity index (χ0) is 27.7. The van der Waals surface area contributed by atoms with Crippen molar-refractivity contribution in [3.8, 4) is 16.3 Å². The van der Waals surface area contributed by atoms with Crippen molar-refractivity contribution in [2.75, 3.05) is 26.7 Å². The molecule has 0 saturated carbocycles. The van der Waals surface area contributed by atoms with Gasteiger partial charge in [-0.1, -0.05) is 0 Å². The summed E-state index contributed by atoms with van der Waals surface area (Å²) in [7, 11) is 1.78. The van der Waals surface area contributed by atoms with E-state index in [4.69, 9.17) is 4.74 Å². The fourth-order valence-electron chi connectivity index (χ4n) is 4.01. The maximum absolute atomic E-state index is 14.4. The van der Waals surface area contributed by atoms with Gasteiger partial charge in [0.1, 0.15) is 10.8 Å². The second-order valence-electron chi connectivity index (χ2n) is 9.34. The molecule has 0 aliphatic carbocycles. The highest BCUT2D eigenvalue weighted by molar-refractivity contribution is 7.14. The molecule has 7 nitrogen and oxygen atoms in total. The largest absolute Gasteiger partial charge is 0.493 e. The number of ether oxygens (including phenoxy) is 1. The molecule has 1 aliphatic rings. The standard InChI is InChI=1S/C25H26F5N5O2S/c1-14-9-31-22(38-14)17-6-16(7-20(8-17)37-13-19-12-35(3)5-4-24(19,26)27)21(36)34-15(2)18-10-32-23(33-11-18)25(28,29)30/h6-11,15,19H,4-5,12-13H2,1-3H3,(H,34,36)/t15-,19-/m1/s1. The summed E-state index contributed by atoms with van der Waals surface area (Å²) < 4.78 is 72.9. The van der Waals surface area contributed by atoms with Crippen molar-refractivity contribution in [2.24, 2.45) is 5.92 Å². The van der Waals surface area contributed by atoms with Crippen molar-refractivity contribution < 1.29 is 31.5 Å². The molecule has 1 fully saturated rings. The van der Waals surface area contributed by atoms with Crippen LogP contribution in [-0.2, 0) is 6.18 Å². The minimum atomic E-state index is -4.67. The van der Waals surface area contributed by atoms with E-state index in [0.717, 1.165) is 17.3 Å². The Labute approximate surface area is 220 Å². The Kier molecular flexibility index (Phi) is 7.98. The molecular weight excluding hydrogens is 529 g/mol. The van der Waals surface area contributed by atoms with Crippen molar-refractivity contribution in [3.63, 3.8) is 0 Å². The molecule has 2 atom stereocenters. The Morgan fingerprint density at radius 3 is 2.55 bits per heavy atom. The van der Waals surface area contributed by atoms with Gasteiger partial charge in [-0.25, -0.2) is 23.7 Å². The summed E-state index contributed by atoms with van der Waals surface area (Å²) in [6, 6.07) is 3.98. The molecule has 0 spiro atoms. The van der Waals surface area contributed by atoms with Gasteiger partial charge in [0.05, 0.1) is 18.6 Å². The van der Waals surface area contributed by atoms with Crippen LogP contribution in [0, 0.1) is 12.8 Å². The second kappa shape index (κ2) is 10.9. The number of halogens is 5. The first-order chi connectivity index (χ1) is 17.8. The number of piperidine rings is 1. The topological polar surface area (TPSA) is 80.2 Å². The molecule has 1 N–H and O–H groups in total. The summed E-state index contributed by atoms with van der Waals surface area (Å²) in [6.45, 7) is 3.70. The van der Waals surface area contributed by atoms with Gasteiger partial charge in [-0.3, -0.25) is 4.79 Å². The number of benzene rings is 1. The maximum atomic E-state index is 14.4. The molecule has 3 heterocycles. The highest BCUT2D eigenvalue weighted by atomic mass is 32.1. The molecule has 38 heavy (non-hydrogen) atoms. The van der Waals surface area contributed by atoms with Crippen LogP contribution in [0.2, 0.25) is 0 Å². The number of nitrogens with zero attached hydrogens (tertiary/aromatic N) is 4. The van der Waals surface area contributed by atoms with Gasteiger partial charge in [0, 0.05) is 59.7 Å². The molecule has 4 rings (SSSR count). The third-order valence-corrected chi connectivity index (χ3v) is 7.18. The molecule has 1 aromatic carbocycles. The smallest absolute Gasteiger partial charge is 0.451 e. The Morgan fingerprint density at radius 2 is 1.92 bits per heavy atom. The van der Waals surface area contributed by atoms with Crippen LogP contribution in [0.1, 0.15) is 46.0 Å². The van der Waals surface area contributed by atoms with E-state index in [1.807, 2.05) is 11.8 Å². The van der Waals surface area contributed by atoms with Crippen LogP contribution in [0.4, 0.5) is 22.0 Å². The summed E-state index contributed by atoms with van der Waals surface area (Å²) in [5.41, 5.74) is 1.03. The minimum Gasteiger partial charge on any atom is -0.493 e. The Balaban J connectivity index is 1.55. The van der Waals surface area contributed by atoms with Gasteiger partial charge in [-0.05, 0) is 39.1 Å². The maximum Gasteiger partial charge on any atom is 0.451 e. The fourth-order valence-corrected chi connectivity index (χ4v) is 4.76. The van der Waals surface area contributed by atoms with E-state index < -0.39 is 35.8 Å². The number of rotatable bonds is 7. The number of aryl methyl sites for hydroxylation is 1. The number of hydrogen-bond acceptors (Lipinski definition) is 7. The van der Waals surface area contributed by atoms with Crippen LogP contribution in [0.3, 0.4) is 0 Å². The number of hydrogen-bond donors (Lipinski definition) is 1. The van der Waals surface area contributed by atoms with Gasteiger partial charge < -0.3 is 15.0 Å². The lowest BCUT2D eigenvalue weighted by Crippen LogP contribution is -2.47. The Bertz CT molecular complexity index is 1280. The zero-order valence-electron chi connectivity index (χ0n) is 20.9. The monoisotopic (exact) mass is 555 g/mol. The Morgan fingerprint density at radius 1 is 1.21 bits per heavy atom. The molecule has 204 valence electrons. The highest BCUT2D eigenvalue weighted by Crippen LogP contribution is 2.35. The van der Waals surface area contributed by atoms with E-state index in [1.54, 1.807) is 32.3 Å². The molecule has 0 unspecified atom stereocenters. The highest BCUT2D eigenvalue weighted by Gasteiger charge is 2.43. The number of carbonyl (C=O) groups is 1. The van der Waals surface area contributed by atoms with Gasteiger partial charge in [0.25, 0.3) is 11.8 Å². The molecule has 1 amide bonds. The van der Waals surface area contributed by atoms with Gasteiger partial charge in [-0.2, -0.15) is 13.2 Å². The van der Waals surface area contributed by atoms with E-state index in [0.29, 0.717) is 17.1 Å². The molecule has 1 saturated heterocycles. The van der Waals surface area contributed by atoms with Crippen LogP contribution < -0.4 is 10.1 Å². The lowest BCUT2D eigenvalue weighted by atomic mass is 9.94. The SMILES string of the molecule is Cc1cnc(-c2cc(OC[C@H]3CN(C)CCC3(F)F)cc(C(=O)N[C@H](C)c3cnc(C(F)(F)F)nc3)c2)s1. The number of amides is 1. The molecule has 1 aliphatic heterocycles. The van der Waals surface area contributed by atoms with E-state index >= 15 is 0 Å². The zero-order valence-corrected chi connectivity index (χ0v) is 21.7. The van der Waals surface area contributed by atoms with E-state index in [2.05, 4.69) is 20.3 Å². The van der Waals surface area contributed by atoms with Crippen LogP contribution in [-0.4, -0.2) is 58.4 Å². The molecule has 0 radical (unpaired) electrons. The number of nitrogens with one attached hydrogen (secondary N) is 1. The normalized spacial score (nSPS) is 18.7. The van der Waals surface area contributed by atoms with Crippen LogP contribution in [0.15, 0.2) is 36.8 Å². The molecule has 0 bridgehead atoms. The molecule has 3 aromatic rings. The summed E-state index contributed by atoms with van der Waals surface area (Å²) >= 11 is 1.40.